The molecule has 0 bridgehead atoms. The van der Waals surface area contributed by atoms with Gasteiger partial charge in [0.25, 0.3) is 0 Å². The van der Waals surface area contributed by atoms with Crippen LogP contribution in [0.2, 0.25) is 5.02 Å². The third-order valence-corrected chi connectivity index (χ3v) is 4.40. The van der Waals surface area contributed by atoms with Gasteiger partial charge in [-0.15, -0.1) is 11.6 Å². The summed E-state index contributed by atoms with van der Waals surface area (Å²) in [7, 11) is 2.16. The van der Waals surface area contributed by atoms with Gasteiger partial charge in [0.1, 0.15) is 5.82 Å². The van der Waals surface area contributed by atoms with E-state index < -0.39 is 0 Å². The van der Waals surface area contributed by atoms with Crippen LogP contribution in [0.15, 0.2) is 18.2 Å². The quantitative estimate of drug-likeness (QED) is 0.747. The Morgan fingerprint density at radius 2 is 2.15 bits per heavy atom. The number of benzene rings is 1. The highest BCUT2D eigenvalue weighted by molar-refractivity contribution is 6.31. The lowest BCUT2D eigenvalue weighted by atomic mass is 10.2. The maximum absolute atomic E-state index is 6.02. The van der Waals surface area contributed by atoms with E-state index in [0.29, 0.717) is 16.9 Å². The van der Waals surface area contributed by atoms with Crippen LogP contribution in [0.4, 0.5) is 0 Å². The molecule has 0 radical (unpaired) electrons. The van der Waals surface area contributed by atoms with Crippen LogP contribution in [-0.4, -0.2) is 34.1 Å². The van der Waals surface area contributed by atoms with Crippen molar-refractivity contribution in [3.8, 4) is 0 Å². The number of fused-ring (bicyclic) bond motifs is 1. The van der Waals surface area contributed by atoms with Crippen molar-refractivity contribution in [2.24, 2.45) is 0 Å². The van der Waals surface area contributed by atoms with Crippen molar-refractivity contribution in [2.75, 3.05) is 13.6 Å². The zero-order valence-corrected chi connectivity index (χ0v) is 13.7. The summed E-state index contributed by atoms with van der Waals surface area (Å²) in [5.41, 5.74) is 2.02. The Hall–Kier alpha value is -0.770. The summed E-state index contributed by atoms with van der Waals surface area (Å²) in [5.74, 6) is 1.32. The number of rotatable bonds is 6. The number of hydrogen-bond donors (Lipinski definition) is 0. The second-order valence-corrected chi connectivity index (χ2v) is 5.89. The molecule has 0 aliphatic carbocycles. The Morgan fingerprint density at radius 1 is 1.40 bits per heavy atom. The van der Waals surface area contributed by atoms with E-state index in [1.54, 1.807) is 0 Å². The minimum atomic E-state index is 0.416. The highest BCUT2D eigenvalue weighted by Gasteiger charge is 2.12. The molecule has 0 aliphatic rings. The minimum absolute atomic E-state index is 0.416. The second kappa shape index (κ2) is 6.79. The topological polar surface area (TPSA) is 21.1 Å². The molecule has 1 aromatic heterocycles. The van der Waals surface area contributed by atoms with E-state index in [2.05, 4.69) is 35.3 Å². The van der Waals surface area contributed by atoms with Crippen molar-refractivity contribution < 1.29 is 0 Å². The fraction of sp³-hybridized carbons (Fsp3) is 0.533. The molecule has 1 heterocycles. The highest BCUT2D eigenvalue weighted by Crippen LogP contribution is 2.21. The molecule has 0 N–H and O–H groups in total. The van der Waals surface area contributed by atoms with Crippen molar-refractivity contribution in [1.29, 1.82) is 0 Å². The first-order valence-corrected chi connectivity index (χ1v) is 7.89. The molecule has 0 saturated carbocycles. The summed E-state index contributed by atoms with van der Waals surface area (Å²) in [4.78, 5) is 6.92. The molecule has 1 atom stereocenters. The van der Waals surface area contributed by atoms with Gasteiger partial charge in [0.15, 0.2) is 0 Å². The van der Waals surface area contributed by atoms with Crippen LogP contribution >= 0.6 is 23.2 Å². The summed E-state index contributed by atoms with van der Waals surface area (Å²) in [6.45, 7) is 6.32. The van der Waals surface area contributed by atoms with Gasteiger partial charge in [-0.3, -0.25) is 0 Å². The average Bonchev–Trinajstić information content (AvgIpc) is 2.80. The lowest BCUT2D eigenvalue weighted by Crippen LogP contribution is -2.31. The highest BCUT2D eigenvalue weighted by atomic mass is 35.5. The summed E-state index contributed by atoms with van der Waals surface area (Å²) in [6, 6.07) is 6.39. The smallest absolute Gasteiger partial charge is 0.124 e. The van der Waals surface area contributed by atoms with E-state index in [1.165, 1.54) is 0 Å². The van der Waals surface area contributed by atoms with E-state index in [9.17, 15) is 0 Å². The van der Waals surface area contributed by atoms with Crippen LogP contribution < -0.4 is 0 Å². The van der Waals surface area contributed by atoms with Crippen molar-refractivity contribution in [1.82, 2.24) is 14.5 Å². The Bertz CT molecular complexity index is 580. The molecule has 110 valence electrons. The first-order valence-electron chi connectivity index (χ1n) is 6.97. The fourth-order valence-corrected chi connectivity index (χ4v) is 2.66. The number of nitrogens with zero attached hydrogens (tertiary/aromatic N) is 3. The lowest BCUT2D eigenvalue weighted by molar-refractivity contribution is 0.243. The van der Waals surface area contributed by atoms with Gasteiger partial charge in [-0.25, -0.2) is 4.98 Å². The van der Waals surface area contributed by atoms with Gasteiger partial charge >= 0.3 is 0 Å². The lowest BCUT2D eigenvalue weighted by Gasteiger charge is -2.24. The van der Waals surface area contributed by atoms with Gasteiger partial charge in [0.2, 0.25) is 0 Å². The van der Waals surface area contributed by atoms with E-state index in [0.717, 1.165) is 36.4 Å². The Morgan fingerprint density at radius 3 is 2.80 bits per heavy atom. The number of halogens is 2. The molecule has 1 aromatic carbocycles. The van der Waals surface area contributed by atoms with E-state index in [-0.39, 0.29) is 0 Å². The van der Waals surface area contributed by atoms with Crippen molar-refractivity contribution in [3.05, 3.63) is 29.0 Å². The minimum Gasteiger partial charge on any atom is -0.326 e. The molecule has 2 aromatic rings. The number of likely N-dealkylation sites (N-methyl/N-ethyl adjacent to an activating group) is 1. The standard InChI is InChI=1S/C15H21Cl2N3/c1-4-11(2)19(3)7-8-20-14-6-5-12(17)9-13(14)18-15(20)10-16/h5-6,9,11H,4,7-8,10H2,1-3H3. The van der Waals surface area contributed by atoms with Crippen molar-refractivity contribution in [3.63, 3.8) is 0 Å². The SMILES string of the molecule is CCC(C)N(C)CCn1c(CCl)nc2cc(Cl)ccc21. The summed E-state index contributed by atoms with van der Waals surface area (Å²) in [5, 5.41) is 0.708. The van der Waals surface area contributed by atoms with E-state index in [4.69, 9.17) is 23.2 Å². The molecule has 1 unspecified atom stereocenters. The normalized spacial score (nSPS) is 13.3. The third kappa shape index (κ3) is 3.27. The fourth-order valence-electron chi connectivity index (χ4n) is 2.29. The predicted octanol–water partition coefficient (Wildman–Crippen LogP) is 4.16. The molecule has 2 rings (SSSR count). The molecule has 20 heavy (non-hydrogen) atoms. The Kier molecular flexibility index (Phi) is 5.30. The molecule has 0 aliphatic heterocycles. The van der Waals surface area contributed by atoms with Gasteiger partial charge < -0.3 is 9.47 Å². The molecule has 3 nitrogen and oxygen atoms in total. The second-order valence-electron chi connectivity index (χ2n) is 5.18. The zero-order valence-electron chi connectivity index (χ0n) is 12.2. The Labute approximate surface area is 130 Å². The van der Waals surface area contributed by atoms with Crippen LogP contribution in [0, 0.1) is 0 Å². The molecule has 0 saturated heterocycles. The van der Waals surface area contributed by atoms with Crippen LogP contribution in [0.5, 0.6) is 0 Å². The number of aromatic nitrogens is 2. The van der Waals surface area contributed by atoms with E-state index >= 15 is 0 Å². The summed E-state index contributed by atoms with van der Waals surface area (Å²) >= 11 is 12.0. The van der Waals surface area contributed by atoms with Gasteiger partial charge in [-0.1, -0.05) is 18.5 Å². The van der Waals surface area contributed by atoms with Crippen LogP contribution in [-0.2, 0) is 12.4 Å². The van der Waals surface area contributed by atoms with Crippen LogP contribution in [0.3, 0.4) is 0 Å². The number of hydrogen-bond acceptors (Lipinski definition) is 2. The summed E-state index contributed by atoms with van der Waals surface area (Å²) in [6.07, 6.45) is 1.15. The Balaban J connectivity index is 2.24. The van der Waals surface area contributed by atoms with Crippen molar-refractivity contribution >= 4 is 34.2 Å². The third-order valence-electron chi connectivity index (χ3n) is 3.93. The zero-order chi connectivity index (χ0) is 14.7. The molecule has 0 fully saturated rings. The maximum atomic E-state index is 6.02. The first kappa shape index (κ1) is 15.6. The monoisotopic (exact) mass is 313 g/mol. The first-order chi connectivity index (χ1) is 9.56. The van der Waals surface area contributed by atoms with Gasteiger partial charge in [-0.2, -0.15) is 0 Å². The van der Waals surface area contributed by atoms with Gasteiger partial charge in [0, 0.05) is 24.2 Å². The number of alkyl halides is 1. The van der Waals surface area contributed by atoms with Crippen molar-refractivity contribution in [2.45, 2.75) is 38.7 Å². The van der Waals surface area contributed by atoms with Gasteiger partial charge in [0.05, 0.1) is 16.9 Å². The van der Waals surface area contributed by atoms with E-state index in [1.807, 2.05) is 18.2 Å². The predicted molar refractivity (Wildman–Crippen MR) is 86.7 cm³/mol. The number of imidazole rings is 1. The molecular weight excluding hydrogens is 293 g/mol. The average molecular weight is 314 g/mol. The van der Waals surface area contributed by atoms with Gasteiger partial charge in [-0.05, 0) is 38.6 Å². The van der Waals surface area contributed by atoms with Crippen LogP contribution in [0.1, 0.15) is 26.1 Å². The summed E-state index contributed by atoms with van der Waals surface area (Å²) < 4.78 is 2.19. The maximum Gasteiger partial charge on any atom is 0.124 e. The molecule has 0 amide bonds. The van der Waals surface area contributed by atoms with Crippen LogP contribution in [0.25, 0.3) is 11.0 Å². The molecule has 5 heteroatoms. The molecular formula is C15H21Cl2N3. The largest absolute Gasteiger partial charge is 0.326 e. The molecule has 0 spiro atoms.